The number of allylic oxidation sites excluding steroid dienone is 1. The molecule has 2 aliphatic rings. The smallest absolute Gasteiger partial charge is 0.0505 e. The summed E-state index contributed by atoms with van der Waals surface area (Å²) >= 11 is 6.60. The molecule has 28 heavy (non-hydrogen) atoms. The van der Waals surface area contributed by atoms with Gasteiger partial charge in [-0.1, -0.05) is 110 Å². The Balaban J connectivity index is 1.82. The Kier molecular flexibility index (Phi) is 4.23. The standard InChI is InChI=1S/C26H22PS/c1-19-24(21-14-8-4-9-15-21)27(28)18-26(19,2)23(20-12-6-3-7-13-20)25(27)22-16-10-5-11-17-22/h3-17H,1,18H2,2H3. The van der Waals surface area contributed by atoms with E-state index in [9.17, 15) is 0 Å². The van der Waals surface area contributed by atoms with Crippen LogP contribution in [-0.4, -0.2) is 6.16 Å². The molecule has 2 heteroatoms. The molecule has 2 aliphatic heterocycles. The van der Waals surface area contributed by atoms with Crippen molar-refractivity contribution in [3.05, 3.63) is 126 Å². The fourth-order valence-electron chi connectivity index (χ4n) is 4.95. The Morgan fingerprint density at radius 3 is 1.75 bits per heavy atom. The van der Waals surface area contributed by atoms with Crippen molar-refractivity contribution in [1.29, 1.82) is 0 Å². The Bertz CT molecular complexity index is 1090. The third kappa shape index (κ3) is 2.46. The molecular weight excluding hydrogens is 375 g/mol. The summed E-state index contributed by atoms with van der Waals surface area (Å²) in [6, 6.07) is 30.3. The Labute approximate surface area is 173 Å². The van der Waals surface area contributed by atoms with E-state index in [4.69, 9.17) is 11.8 Å². The van der Waals surface area contributed by atoms with E-state index in [0.717, 1.165) is 6.16 Å². The molecule has 0 aromatic heterocycles. The monoisotopic (exact) mass is 397 g/mol. The van der Waals surface area contributed by atoms with Crippen LogP contribution in [0.5, 0.6) is 0 Å². The lowest BCUT2D eigenvalue weighted by Gasteiger charge is -2.38. The summed E-state index contributed by atoms with van der Waals surface area (Å²) in [5, 5.41) is 1.39. The highest BCUT2D eigenvalue weighted by atomic mass is 32.4. The van der Waals surface area contributed by atoms with Crippen LogP contribution in [0.1, 0.15) is 23.6 Å². The summed E-state index contributed by atoms with van der Waals surface area (Å²) in [7, 11) is 0. The fraction of sp³-hybridized carbons (Fsp3) is 0.115. The van der Waals surface area contributed by atoms with Crippen molar-refractivity contribution in [2.75, 3.05) is 6.16 Å². The molecule has 3 radical (unpaired) electrons. The average molecular weight is 398 g/mol. The normalized spacial score (nSPS) is 27.5. The number of benzene rings is 3. The molecule has 137 valence electrons. The molecule has 0 aliphatic carbocycles. The zero-order valence-electron chi connectivity index (χ0n) is 15.9. The van der Waals surface area contributed by atoms with Gasteiger partial charge in [0.2, 0.25) is 0 Å². The second kappa shape index (κ2) is 6.55. The lowest BCUT2D eigenvalue weighted by molar-refractivity contribution is 0.585. The van der Waals surface area contributed by atoms with Crippen LogP contribution in [-0.2, 0) is 11.8 Å². The predicted molar refractivity (Wildman–Crippen MR) is 124 cm³/mol. The molecular formula is C26H22PS. The van der Waals surface area contributed by atoms with E-state index in [2.05, 4.69) is 105 Å². The van der Waals surface area contributed by atoms with E-state index in [-0.39, 0.29) is 5.41 Å². The van der Waals surface area contributed by atoms with Crippen molar-refractivity contribution in [1.82, 2.24) is 0 Å². The highest BCUT2D eigenvalue weighted by Gasteiger charge is 2.62. The van der Waals surface area contributed by atoms with E-state index >= 15 is 0 Å². The van der Waals surface area contributed by atoms with Crippen LogP contribution in [0.15, 0.2) is 91.0 Å². The third-order valence-corrected chi connectivity index (χ3v) is 11.2. The molecule has 2 atom stereocenters. The number of fused-ring (bicyclic) bond motifs is 2. The van der Waals surface area contributed by atoms with Crippen molar-refractivity contribution in [2.45, 2.75) is 6.92 Å². The summed E-state index contributed by atoms with van der Waals surface area (Å²) in [4.78, 5) is 0. The van der Waals surface area contributed by atoms with E-state index in [0.29, 0.717) is 0 Å². The molecule has 5 rings (SSSR count). The largest absolute Gasteiger partial charge is 0.0915 e. The van der Waals surface area contributed by atoms with Gasteiger partial charge in [0.05, 0.1) is 5.66 Å². The maximum atomic E-state index is 6.60. The maximum absolute atomic E-state index is 6.60. The minimum Gasteiger partial charge on any atom is -0.0915 e. The number of rotatable bonds is 3. The van der Waals surface area contributed by atoms with Gasteiger partial charge in [0.1, 0.15) is 0 Å². The lowest BCUT2D eigenvalue weighted by atomic mass is 9.69. The second-order valence-electron chi connectivity index (χ2n) is 7.88. The van der Waals surface area contributed by atoms with E-state index in [1.807, 2.05) is 0 Å². The van der Waals surface area contributed by atoms with Gasteiger partial charge >= 0.3 is 0 Å². The highest BCUT2D eigenvalue weighted by Crippen LogP contribution is 2.87. The zero-order valence-corrected chi connectivity index (χ0v) is 17.6. The summed E-state index contributed by atoms with van der Waals surface area (Å²) in [5.74, 6) is 1.22. The summed E-state index contributed by atoms with van der Waals surface area (Å²) < 4.78 is 0. The molecule has 1 saturated heterocycles. The van der Waals surface area contributed by atoms with Crippen LogP contribution in [0.25, 0.3) is 10.9 Å². The van der Waals surface area contributed by atoms with Gasteiger partial charge in [0.15, 0.2) is 0 Å². The van der Waals surface area contributed by atoms with Crippen molar-refractivity contribution < 1.29 is 0 Å². The lowest BCUT2D eigenvalue weighted by Crippen LogP contribution is -2.26. The maximum Gasteiger partial charge on any atom is 0.0505 e. The van der Waals surface area contributed by atoms with E-state index in [1.54, 1.807) is 0 Å². The minimum absolute atomic E-state index is 0.104. The van der Waals surface area contributed by atoms with Gasteiger partial charge < -0.3 is 0 Å². The van der Waals surface area contributed by atoms with Gasteiger partial charge in [-0.05, 0) is 46.7 Å². The molecule has 0 spiro atoms. The summed E-state index contributed by atoms with van der Waals surface area (Å²) in [5.41, 5.74) is 6.43. The first-order valence-corrected chi connectivity index (χ1v) is 12.6. The van der Waals surface area contributed by atoms with Gasteiger partial charge in [0, 0.05) is 11.3 Å². The van der Waals surface area contributed by atoms with Gasteiger partial charge in [-0.2, -0.15) is 0 Å². The first-order chi connectivity index (χ1) is 13.6. The zero-order chi connectivity index (χ0) is 19.4. The van der Waals surface area contributed by atoms with Crippen LogP contribution in [0.4, 0.5) is 0 Å². The van der Waals surface area contributed by atoms with Crippen LogP contribution in [0, 0.1) is 23.9 Å². The van der Waals surface area contributed by atoms with Crippen molar-refractivity contribution in [3.63, 3.8) is 0 Å². The Hall–Kier alpha value is -1.95. The molecule has 0 saturated carbocycles. The van der Waals surface area contributed by atoms with E-state index < -0.39 is 6.04 Å². The SMILES string of the molecule is [CH2][C]1[C](c2ccccc2)P2(=S)CC1(C)C(c1ccccc1)=C2c1ccccc1. The third-order valence-electron chi connectivity index (χ3n) is 6.16. The number of hydrogen-bond donors (Lipinski definition) is 0. The molecule has 0 nitrogen and oxygen atoms in total. The molecule has 0 N–H and O–H groups in total. The predicted octanol–water partition coefficient (Wildman–Crippen LogP) is 7.06. The average Bonchev–Trinajstić information content (AvgIpc) is 3.10. The summed E-state index contributed by atoms with van der Waals surface area (Å²) in [6.45, 7) is 6.96. The van der Waals surface area contributed by atoms with Gasteiger partial charge in [0.25, 0.3) is 0 Å². The van der Waals surface area contributed by atoms with Crippen LogP contribution in [0.2, 0.25) is 0 Å². The summed E-state index contributed by atoms with van der Waals surface area (Å²) in [6.07, 6.45) is 1.01. The fourth-order valence-corrected chi connectivity index (χ4v) is 11.3. The molecule has 2 bridgehead atoms. The minimum atomic E-state index is -1.95. The first kappa shape index (κ1) is 18.1. The first-order valence-electron chi connectivity index (χ1n) is 9.64. The van der Waals surface area contributed by atoms with Crippen LogP contribution < -0.4 is 0 Å². The quantitative estimate of drug-likeness (QED) is 0.426. The van der Waals surface area contributed by atoms with Crippen molar-refractivity contribution in [2.24, 2.45) is 5.41 Å². The number of hydrogen-bond acceptors (Lipinski definition) is 1. The van der Waals surface area contributed by atoms with E-state index in [1.165, 1.54) is 39.2 Å². The highest BCUT2D eigenvalue weighted by molar-refractivity contribution is 8.21. The molecule has 3 aromatic carbocycles. The Morgan fingerprint density at radius 1 is 0.750 bits per heavy atom. The molecule has 3 aromatic rings. The topological polar surface area (TPSA) is 0 Å². The molecule has 1 fully saturated rings. The van der Waals surface area contributed by atoms with Gasteiger partial charge in [-0.15, -0.1) is 0 Å². The van der Waals surface area contributed by atoms with Gasteiger partial charge in [-0.3, -0.25) is 0 Å². The van der Waals surface area contributed by atoms with Crippen LogP contribution in [0.3, 0.4) is 0 Å². The molecule has 2 heterocycles. The molecule has 2 unspecified atom stereocenters. The van der Waals surface area contributed by atoms with Crippen molar-refractivity contribution in [3.8, 4) is 0 Å². The second-order valence-corrected chi connectivity index (χ2v) is 12.4. The van der Waals surface area contributed by atoms with Gasteiger partial charge in [-0.25, -0.2) is 0 Å². The van der Waals surface area contributed by atoms with Crippen LogP contribution >= 0.6 is 6.04 Å². The Morgan fingerprint density at radius 2 is 1.21 bits per heavy atom. The molecule has 0 amide bonds. The van der Waals surface area contributed by atoms with Crippen molar-refractivity contribution >= 4 is 28.7 Å².